The molecular formula is C37H36ClF5N6O4. The normalized spacial score (nSPS) is 24.1. The van der Waals surface area contributed by atoms with Crippen LogP contribution in [0.25, 0.3) is 32.9 Å². The molecule has 2 aromatic carbocycles. The number of methoxy groups -OCH3 is 2. The van der Waals surface area contributed by atoms with Crippen molar-refractivity contribution in [1.29, 1.82) is 0 Å². The van der Waals surface area contributed by atoms with Gasteiger partial charge >= 0.3 is 12.2 Å². The Balaban J connectivity index is 0.000000418. The fourth-order valence-corrected chi connectivity index (χ4v) is 8.54. The number of ether oxygens (including phenoxy) is 2. The van der Waals surface area contributed by atoms with Gasteiger partial charge in [0, 0.05) is 54.6 Å². The summed E-state index contributed by atoms with van der Waals surface area (Å²) in [4.78, 5) is 29.8. The second-order valence-electron chi connectivity index (χ2n) is 13.8. The molecular weight excluding hydrogens is 723 g/mol. The number of carbonyl (C=O) groups excluding carboxylic acids is 1. The maximum Gasteiger partial charge on any atom is 0.450 e. The van der Waals surface area contributed by atoms with Gasteiger partial charge in [0.25, 0.3) is 0 Å². The summed E-state index contributed by atoms with van der Waals surface area (Å²) >= 11 is 6.96. The van der Waals surface area contributed by atoms with Crippen LogP contribution >= 0.6 is 11.6 Å². The average Bonchev–Trinajstić information content (AvgIpc) is 3.71. The topological polar surface area (TPSA) is 113 Å². The van der Waals surface area contributed by atoms with Crippen molar-refractivity contribution >= 4 is 44.9 Å². The quantitative estimate of drug-likeness (QED) is 0.180. The van der Waals surface area contributed by atoms with E-state index in [-0.39, 0.29) is 70.9 Å². The van der Waals surface area contributed by atoms with Crippen LogP contribution in [0.1, 0.15) is 37.7 Å². The molecule has 4 aliphatic heterocycles. The zero-order valence-electron chi connectivity index (χ0n) is 28.8. The lowest BCUT2D eigenvalue weighted by Crippen LogP contribution is -2.62. The number of ketones is 1. The van der Waals surface area contributed by atoms with Crippen LogP contribution in [0.3, 0.4) is 0 Å². The number of phenolic OH excluding ortho intramolecular Hbond substituents is 1. The average molecular weight is 759 g/mol. The van der Waals surface area contributed by atoms with Crippen molar-refractivity contribution < 1.29 is 41.3 Å². The van der Waals surface area contributed by atoms with Crippen molar-refractivity contribution in [3.63, 3.8) is 0 Å². The number of fused-ring (bicyclic) bond motifs is 5. The van der Waals surface area contributed by atoms with Gasteiger partial charge in [-0.2, -0.15) is 23.1 Å². The molecule has 0 spiro atoms. The number of nitrogens with zero attached hydrogens (tertiary/aromatic N) is 5. The van der Waals surface area contributed by atoms with Gasteiger partial charge in [-0.05, 0) is 62.2 Å². The standard InChI is InChI=1S/C30H24ClF4N5O4.C7H12FN/c1-4-18-20(32)6-5-13-9-17(41)10-19(21(13)18)24-23(31)25-22(28(37-24)43-2)27(39-29(38-25)44-3)40-11-15-7-14(8-16(12-40)36-15)26(42)30(33,34)35;8-6-4-7-2-1-3-9(7)5-6/h1,5-6,9-10,14-16,36,41H,7-8,11-12H2,2-3H3;6-7H,1-5H2. The van der Waals surface area contributed by atoms with E-state index in [1.165, 1.54) is 51.3 Å². The molecule has 0 radical (unpaired) electrons. The molecule has 4 atom stereocenters. The number of hydrogen-bond acceptors (Lipinski definition) is 10. The number of aromatic nitrogens is 3. The molecule has 4 aliphatic rings. The van der Waals surface area contributed by atoms with Crippen molar-refractivity contribution in [2.24, 2.45) is 5.92 Å². The van der Waals surface area contributed by atoms with Gasteiger partial charge in [-0.1, -0.05) is 23.6 Å². The van der Waals surface area contributed by atoms with Gasteiger partial charge in [0.15, 0.2) is 0 Å². The number of Topliss-reactive ketones (excluding diaryl/α,β-unsaturated/α-hetero) is 1. The Morgan fingerprint density at radius 1 is 1.06 bits per heavy atom. The molecule has 10 nitrogen and oxygen atoms in total. The van der Waals surface area contributed by atoms with Gasteiger partial charge in [0.1, 0.15) is 34.5 Å². The molecule has 280 valence electrons. The summed E-state index contributed by atoms with van der Waals surface area (Å²) in [5, 5.41) is 14.9. The zero-order valence-corrected chi connectivity index (χ0v) is 29.6. The highest BCUT2D eigenvalue weighted by molar-refractivity contribution is 6.38. The first-order chi connectivity index (χ1) is 25.3. The molecule has 53 heavy (non-hydrogen) atoms. The lowest BCUT2D eigenvalue weighted by atomic mass is 9.82. The van der Waals surface area contributed by atoms with Gasteiger partial charge in [0.05, 0.1) is 30.5 Å². The maximum atomic E-state index is 14.8. The SMILES string of the molecule is C#Cc1c(F)ccc2cc(O)cc(-c3nc(OC)c4c(N5CC6CC(C(=O)C(F)(F)F)CC(C5)N6)nc(OC)nc4c3Cl)c12.FC1CC2CCCN2C1. The first-order valence-corrected chi connectivity index (χ1v) is 17.6. The van der Waals surface area contributed by atoms with Crippen molar-refractivity contribution in [2.75, 3.05) is 45.3 Å². The number of anilines is 1. The summed E-state index contributed by atoms with van der Waals surface area (Å²) in [7, 11) is 2.74. The van der Waals surface area contributed by atoms with E-state index in [1.54, 1.807) is 0 Å². The lowest BCUT2D eigenvalue weighted by molar-refractivity contribution is -0.177. The van der Waals surface area contributed by atoms with E-state index in [9.17, 15) is 31.9 Å². The summed E-state index contributed by atoms with van der Waals surface area (Å²) in [6.45, 7) is 2.30. The Hall–Kier alpha value is -4.52. The van der Waals surface area contributed by atoms with Crippen LogP contribution in [0.4, 0.5) is 27.8 Å². The molecule has 16 heteroatoms. The van der Waals surface area contributed by atoms with Crippen molar-refractivity contribution in [3.8, 4) is 41.2 Å². The Bertz CT molecular complexity index is 2100. The highest BCUT2D eigenvalue weighted by Crippen LogP contribution is 2.45. The van der Waals surface area contributed by atoms with Gasteiger partial charge < -0.3 is 24.8 Å². The van der Waals surface area contributed by atoms with Crippen LogP contribution in [0.5, 0.6) is 17.6 Å². The summed E-state index contributed by atoms with van der Waals surface area (Å²) in [5.74, 6) is -0.916. The number of benzene rings is 2. The van der Waals surface area contributed by atoms with E-state index in [0.29, 0.717) is 34.6 Å². The van der Waals surface area contributed by atoms with Crippen LogP contribution in [0.15, 0.2) is 24.3 Å². The van der Waals surface area contributed by atoms with E-state index in [1.807, 2.05) is 4.90 Å². The molecule has 2 N–H and O–H groups in total. The number of aromatic hydroxyl groups is 1. The van der Waals surface area contributed by atoms with Gasteiger partial charge in [0.2, 0.25) is 11.7 Å². The molecule has 0 amide bonds. The van der Waals surface area contributed by atoms with Crippen molar-refractivity contribution in [1.82, 2.24) is 25.2 Å². The number of pyridine rings is 1. The number of terminal acetylenes is 1. The monoisotopic (exact) mass is 758 g/mol. The summed E-state index contributed by atoms with van der Waals surface area (Å²) < 4.78 is 78.0. The highest BCUT2D eigenvalue weighted by atomic mass is 35.5. The zero-order chi connectivity index (χ0) is 37.8. The van der Waals surface area contributed by atoms with Crippen LogP contribution in [-0.2, 0) is 4.79 Å². The molecule has 0 aliphatic carbocycles. The van der Waals surface area contributed by atoms with Gasteiger partial charge in [-0.15, -0.1) is 6.42 Å². The Kier molecular flexibility index (Phi) is 9.99. The summed E-state index contributed by atoms with van der Waals surface area (Å²) in [6.07, 6.45) is 3.59. The minimum atomic E-state index is -4.90. The van der Waals surface area contributed by atoms with E-state index < -0.39 is 42.0 Å². The van der Waals surface area contributed by atoms with Crippen LogP contribution in [0, 0.1) is 24.1 Å². The van der Waals surface area contributed by atoms with E-state index in [2.05, 4.69) is 31.1 Å². The molecule has 4 aromatic rings. The van der Waals surface area contributed by atoms with Crippen molar-refractivity contribution in [2.45, 2.75) is 62.6 Å². The highest BCUT2D eigenvalue weighted by Gasteiger charge is 2.48. The second-order valence-corrected chi connectivity index (χ2v) is 14.2. The first kappa shape index (κ1) is 36.8. The molecule has 6 heterocycles. The second kappa shape index (κ2) is 14.4. The molecule has 4 saturated heterocycles. The molecule has 4 unspecified atom stereocenters. The smallest absolute Gasteiger partial charge is 0.450 e. The molecule has 2 aromatic heterocycles. The first-order valence-electron chi connectivity index (χ1n) is 17.2. The van der Waals surface area contributed by atoms with Crippen molar-refractivity contribution in [3.05, 3.63) is 40.7 Å². The van der Waals surface area contributed by atoms with Gasteiger partial charge in [-0.25, -0.2) is 13.8 Å². The number of nitrogens with one attached hydrogen (secondary N) is 1. The Morgan fingerprint density at radius 2 is 1.79 bits per heavy atom. The maximum absolute atomic E-state index is 14.8. The van der Waals surface area contributed by atoms with E-state index in [4.69, 9.17) is 27.5 Å². The van der Waals surface area contributed by atoms with Crippen LogP contribution < -0.4 is 19.7 Å². The Labute approximate surface area is 306 Å². The number of carbonyl (C=O) groups is 1. The minimum Gasteiger partial charge on any atom is -0.508 e. The predicted molar refractivity (Wildman–Crippen MR) is 189 cm³/mol. The third-order valence-electron chi connectivity index (χ3n) is 10.4. The lowest BCUT2D eigenvalue weighted by Gasteiger charge is -2.45. The fourth-order valence-electron chi connectivity index (χ4n) is 8.26. The summed E-state index contributed by atoms with van der Waals surface area (Å²) in [5.41, 5.74) is 0.439. The number of hydrogen-bond donors (Lipinski definition) is 2. The fraction of sp³-hybridized carbons (Fsp3) is 0.459. The number of alkyl halides is 4. The van der Waals surface area contributed by atoms with E-state index in [0.717, 1.165) is 13.0 Å². The molecule has 0 saturated carbocycles. The van der Waals surface area contributed by atoms with Crippen LogP contribution in [0.2, 0.25) is 5.02 Å². The third-order valence-corrected chi connectivity index (χ3v) is 10.8. The minimum absolute atomic E-state index is 0.00439. The predicted octanol–water partition coefficient (Wildman–Crippen LogP) is 6.22. The summed E-state index contributed by atoms with van der Waals surface area (Å²) in [6, 6.07) is 5.15. The van der Waals surface area contributed by atoms with Crippen LogP contribution in [-0.4, -0.2) is 102 Å². The molecule has 2 bridgehead atoms. The number of phenols is 1. The molecule has 8 rings (SSSR count). The number of halogens is 6. The number of piperidine rings is 1. The van der Waals surface area contributed by atoms with Gasteiger partial charge in [-0.3, -0.25) is 9.69 Å². The third kappa shape index (κ3) is 7.00. The number of rotatable bonds is 5. The largest absolute Gasteiger partial charge is 0.508 e. The molecule has 4 fully saturated rings. The Morgan fingerprint density at radius 3 is 2.43 bits per heavy atom. The number of piperazine rings is 1. The van der Waals surface area contributed by atoms with E-state index >= 15 is 0 Å².